The maximum Gasteiger partial charge on any atom is 0.0136 e. The largest absolute Gasteiger partial charge is 0.327 e. The third-order valence-corrected chi connectivity index (χ3v) is 3.01. The Hall–Kier alpha value is -0.340. The number of hydrogen-bond donors (Lipinski definition) is 1. The number of hydrogen-bond acceptors (Lipinski definition) is 2. The summed E-state index contributed by atoms with van der Waals surface area (Å²) in [7, 11) is 0. The lowest BCUT2D eigenvalue weighted by molar-refractivity contribution is 0.320. The summed E-state index contributed by atoms with van der Waals surface area (Å²) in [5, 5.41) is 2.10. The van der Waals surface area contributed by atoms with Crippen molar-refractivity contribution in [3.63, 3.8) is 0 Å². The molecule has 12 heavy (non-hydrogen) atoms. The summed E-state index contributed by atoms with van der Waals surface area (Å²) in [6, 6.07) is 4.49. The van der Waals surface area contributed by atoms with E-state index in [-0.39, 0.29) is 11.5 Å². The molecule has 0 spiro atoms. The lowest BCUT2D eigenvalue weighted by atomic mass is 9.85. The minimum absolute atomic E-state index is 0.212. The van der Waals surface area contributed by atoms with Crippen LogP contribution >= 0.6 is 11.3 Å². The normalized spacial score (nSPS) is 14.7. The first-order valence-electron chi connectivity index (χ1n) is 4.28. The predicted molar refractivity (Wildman–Crippen MR) is 55.5 cm³/mol. The Labute approximate surface area is 78.6 Å². The van der Waals surface area contributed by atoms with E-state index < -0.39 is 0 Å². The van der Waals surface area contributed by atoms with Crippen LogP contribution in [0.4, 0.5) is 0 Å². The minimum Gasteiger partial charge on any atom is -0.327 e. The second-order valence-electron chi connectivity index (χ2n) is 4.26. The van der Waals surface area contributed by atoms with Crippen molar-refractivity contribution in [2.45, 2.75) is 33.2 Å². The van der Waals surface area contributed by atoms with Crippen LogP contribution in [0.5, 0.6) is 0 Å². The summed E-state index contributed by atoms with van der Waals surface area (Å²) in [6.07, 6.45) is 1.00. The quantitative estimate of drug-likeness (QED) is 0.749. The maximum absolute atomic E-state index is 6.05. The van der Waals surface area contributed by atoms with Gasteiger partial charge in [-0.25, -0.2) is 0 Å². The molecule has 0 amide bonds. The van der Waals surface area contributed by atoms with Crippen LogP contribution in [0.15, 0.2) is 17.5 Å². The van der Waals surface area contributed by atoms with Gasteiger partial charge in [0.25, 0.3) is 0 Å². The highest BCUT2D eigenvalue weighted by molar-refractivity contribution is 7.09. The van der Waals surface area contributed by atoms with E-state index in [2.05, 4.69) is 38.3 Å². The third-order valence-electron chi connectivity index (χ3n) is 2.11. The van der Waals surface area contributed by atoms with Gasteiger partial charge >= 0.3 is 0 Å². The summed E-state index contributed by atoms with van der Waals surface area (Å²) in [5.41, 5.74) is 6.26. The van der Waals surface area contributed by atoms with Crippen molar-refractivity contribution in [1.82, 2.24) is 0 Å². The van der Waals surface area contributed by atoms with Gasteiger partial charge in [-0.3, -0.25) is 0 Å². The molecule has 0 aromatic carbocycles. The van der Waals surface area contributed by atoms with Crippen molar-refractivity contribution in [2.24, 2.45) is 11.1 Å². The fourth-order valence-electron chi connectivity index (χ4n) is 0.952. The van der Waals surface area contributed by atoms with E-state index in [0.717, 1.165) is 6.42 Å². The van der Waals surface area contributed by atoms with Crippen molar-refractivity contribution in [2.75, 3.05) is 0 Å². The average Bonchev–Trinajstić information content (AvgIpc) is 2.37. The predicted octanol–water partition coefficient (Wildman–Crippen LogP) is 2.66. The molecule has 1 unspecified atom stereocenters. The highest BCUT2D eigenvalue weighted by Crippen LogP contribution is 2.22. The van der Waals surface area contributed by atoms with Gasteiger partial charge in [-0.15, -0.1) is 11.3 Å². The molecule has 0 aliphatic heterocycles. The second kappa shape index (κ2) is 3.58. The molecule has 68 valence electrons. The molecular weight excluding hydrogens is 166 g/mol. The molecule has 1 atom stereocenters. The Bertz CT molecular complexity index is 220. The molecule has 1 nitrogen and oxygen atoms in total. The number of thiophene rings is 1. The van der Waals surface area contributed by atoms with Crippen LogP contribution in [0.2, 0.25) is 0 Å². The summed E-state index contributed by atoms with van der Waals surface area (Å²) in [4.78, 5) is 1.39. The minimum atomic E-state index is 0.212. The first-order chi connectivity index (χ1) is 5.50. The monoisotopic (exact) mass is 183 g/mol. The van der Waals surface area contributed by atoms with Gasteiger partial charge in [-0.05, 0) is 23.3 Å². The van der Waals surface area contributed by atoms with Crippen LogP contribution in [0.3, 0.4) is 0 Å². The van der Waals surface area contributed by atoms with Gasteiger partial charge in [0, 0.05) is 10.9 Å². The molecule has 0 saturated heterocycles. The van der Waals surface area contributed by atoms with Crippen molar-refractivity contribution in [1.29, 1.82) is 0 Å². The highest BCUT2D eigenvalue weighted by Gasteiger charge is 2.20. The van der Waals surface area contributed by atoms with Crippen molar-refractivity contribution >= 4 is 11.3 Å². The number of nitrogens with two attached hydrogens (primary N) is 1. The molecular formula is C10H17NS. The number of rotatable bonds is 2. The van der Waals surface area contributed by atoms with E-state index in [0.29, 0.717) is 0 Å². The zero-order valence-corrected chi connectivity index (χ0v) is 8.82. The van der Waals surface area contributed by atoms with Gasteiger partial charge in [0.15, 0.2) is 0 Å². The van der Waals surface area contributed by atoms with Gasteiger partial charge in [-0.1, -0.05) is 26.8 Å². The maximum atomic E-state index is 6.05. The molecule has 2 N–H and O–H groups in total. The Morgan fingerprint density at radius 2 is 2.17 bits per heavy atom. The van der Waals surface area contributed by atoms with E-state index in [1.54, 1.807) is 11.3 Å². The van der Waals surface area contributed by atoms with Crippen molar-refractivity contribution < 1.29 is 0 Å². The molecule has 0 radical (unpaired) electrons. The van der Waals surface area contributed by atoms with Crippen LogP contribution < -0.4 is 5.73 Å². The molecule has 0 bridgehead atoms. The first-order valence-corrected chi connectivity index (χ1v) is 5.16. The van der Waals surface area contributed by atoms with Crippen LogP contribution in [-0.2, 0) is 6.42 Å². The first kappa shape index (κ1) is 9.75. The van der Waals surface area contributed by atoms with Gasteiger partial charge in [0.1, 0.15) is 0 Å². The SMILES string of the molecule is CC(C)(C)C(N)Cc1cccs1. The zero-order chi connectivity index (χ0) is 9.19. The van der Waals surface area contributed by atoms with Crippen LogP contribution in [0.25, 0.3) is 0 Å². The van der Waals surface area contributed by atoms with Crippen LogP contribution in [0.1, 0.15) is 25.6 Å². The van der Waals surface area contributed by atoms with Crippen molar-refractivity contribution in [3.8, 4) is 0 Å². The molecule has 1 aromatic heterocycles. The van der Waals surface area contributed by atoms with E-state index in [1.807, 2.05) is 0 Å². The zero-order valence-electron chi connectivity index (χ0n) is 8.00. The third kappa shape index (κ3) is 2.61. The van der Waals surface area contributed by atoms with Gasteiger partial charge in [0.05, 0.1) is 0 Å². The Morgan fingerprint density at radius 1 is 1.50 bits per heavy atom. The Balaban J connectivity index is 2.53. The van der Waals surface area contributed by atoms with E-state index >= 15 is 0 Å². The summed E-state index contributed by atoms with van der Waals surface area (Å²) < 4.78 is 0. The van der Waals surface area contributed by atoms with Crippen LogP contribution in [0, 0.1) is 5.41 Å². The van der Waals surface area contributed by atoms with Crippen molar-refractivity contribution in [3.05, 3.63) is 22.4 Å². The molecule has 2 heteroatoms. The standard InChI is InChI=1S/C10H17NS/c1-10(2,3)9(11)7-8-5-4-6-12-8/h4-6,9H,7,11H2,1-3H3. The average molecular weight is 183 g/mol. The smallest absolute Gasteiger partial charge is 0.0136 e. The molecule has 0 aliphatic rings. The van der Waals surface area contributed by atoms with E-state index in [4.69, 9.17) is 5.73 Å². The second-order valence-corrected chi connectivity index (χ2v) is 5.29. The molecule has 1 heterocycles. The molecule has 1 rings (SSSR count). The van der Waals surface area contributed by atoms with Gasteiger partial charge in [0.2, 0.25) is 0 Å². The Kier molecular flexibility index (Phi) is 2.91. The Morgan fingerprint density at radius 3 is 2.58 bits per heavy atom. The molecule has 1 aromatic rings. The summed E-state index contributed by atoms with van der Waals surface area (Å²) >= 11 is 1.79. The lowest BCUT2D eigenvalue weighted by Gasteiger charge is -2.26. The topological polar surface area (TPSA) is 26.0 Å². The van der Waals surface area contributed by atoms with E-state index in [9.17, 15) is 0 Å². The molecule has 0 aliphatic carbocycles. The summed E-state index contributed by atoms with van der Waals surface area (Å²) in [5.74, 6) is 0. The molecule has 0 saturated carbocycles. The summed E-state index contributed by atoms with van der Waals surface area (Å²) in [6.45, 7) is 6.56. The molecule has 0 fully saturated rings. The highest BCUT2D eigenvalue weighted by atomic mass is 32.1. The fourth-order valence-corrected chi connectivity index (χ4v) is 1.72. The fraction of sp³-hybridized carbons (Fsp3) is 0.600. The van der Waals surface area contributed by atoms with E-state index in [1.165, 1.54) is 4.88 Å². The van der Waals surface area contributed by atoms with Gasteiger partial charge < -0.3 is 5.73 Å². The van der Waals surface area contributed by atoms with Crippen LogP contribution in [-0.4, -0.2) is 6.04 Å². The lowest BCUT2D eigenvalue weighted by Crippen LogP contribution is -2.36. The van der Waals surface area contributed by atoms with Gasteiger partial charge in [-0.2, -0.15) is 0 Å².